The quantitative estimate of drug-likeness (QED) is 0.258. The highest BCUT2D eigenvalue weighted by Gasteiger charge is 2.28. The van der Waals surface area contributed by atoms with Crippen LogP contribution in [0.1, 0.15) is 26.7 Å². The summed E-state index contributed by atoms with van der Waals surface area (Å²) in [7, 11) is -0.181. The summed E-state index contributed by atoms with van der Waals surface area (Å²) in [5.74, 6) is 0.487. The minimum absolute atomic E-state index is 0. The van der Waals surface area contributed by atoms with Crippen LogP contribution in [0.25, 0.3) is 0 Å². The van der Waals surface area contributed by atoms with Gasteiger partial charge in [-0.05, 0) is 26.7 Å². The average molecular weight is 476 g/mol. The molecule has 24 heavy (non-hydrogen) atoms. The summed E-state index contributed by atoms with van der Waals surface area (Å²) in [6, 6.07) is 0. The number of esters is 1. The van der Waals surface area contributed by atoms with Gasteiger partial charge < -0.3 is 15.0 Å². The zero-order valence-corrected chi connectivity index (χ0v) is 18.1. The summed E-state index contributed by atoms with van der Waals surface area (Å²) < 4.78 is 30.1. The van der Waals surface area contributed by atoms with Gasteiger partial charge in [-0.1, -0.05) is 0 Å². The minimum Gasteiger partial charge on any atom is -0.469 e. The van der Waals surface area contributed by atoms with Crippen LogP contribution in [-0.4, -0.2) is 70.8 Å². The molecule has 1 heterocycles. The van der Waals surface area contributed by atoms with E-state index in [1.807, 2.05) is 0 Å². The van der Waals surface area contributed by atoms with Crippen molar-refractivity contribution >= 4 is 45.9 Å². The van der Waals surface area contributed by atoms with Crippen LogP contribution in [0.5, 0.6) is 0 Å². The van der Waals surface area contributed by atoms with Crippen molar-refractivity contribution in [3.8, 4) is 0 Å². The zero-order valence-electron chi connectivity index (χ0n) is 15.0. The number of halogens is 1. The third-order valence-electron chi connectivity index (χ3n) is 3.69. The highest BCUT2D eigenvalue weighted by Crippen LogP contribution is 2.18. The Morgan fingerprint density at radius 1 is 1.33 bits per heavy atom. The van der Waals surface area contributed by atoms with E-state index in [1.54, 1.807) is 20.9 Å². The lowest BCUT2D eigenvalue weighted by molar-refractivity contribution is -0.146. The number of ether oxygens (including phenoxy) is 1. The van der Waals surface area contributed by atoms with Gasteiger partial charge in [0.2, 0.25) is 10.0 Å². The molecule has 0 aromatic rings. The molecule has 8 nitrogen and oxygen atoms in total. The number of nitrogens with one attached hydrogen (secondary N) is 2. The Kier molecular flexibility index (Phi) is 9.51. The molecule has 1 aliphatic rings. The predicted octanol–water partition coefficient (Wildman–Crippen LogP) is 0.393. The summed E-state index contributed by atoms with van der Waals surface area (Å²) in [6.07, 6.45) is 2.58. The summed E-state index contributed by atoms with van der Waals surface area (Å²) in [5, 5.41) is 3.19. The number of hydrogen-bond acceptors (Lipinski definition) is 5. The van der Waals surface area contributed by atoms with Crippen molar-refractivity contribution in [2.24, 2.45) is 10.9 Å². The number of likely N-dealkylation sites (tertiary alicyclic amines) is 1. The molecule has 10 heteroatoms. The normalized spacial score (nSPS) is 17.2. The number of nitrogens with zero attached hydrogens (tertiary/aromatic N) is 2. The number of carbonyl (C=O) groups excluding carboxylic acids is 1. The fraction of sp³-hybridized carbons (Fsp3) is 0.857. The van der Waals surface area contributed by atoms with Crippen molar-refractivity contribution < 1.29 is 17.9 Å². The second kappa shape index (κ2) is 9.76. The number of hydrogen-bond donors (Lipinski definition) is 2. The van der Waals surface area contributed by atoms with Gasteiger partial charge in [0.1, 0.15) is 0 Å². The van der Waals surface area contributed by atoms with Gasteiger partial charge in [-0.25, -0.2) is 13.1 Å². The molecule has 1 rings (SSSR count). The molecule has 1 fully saturated rings. The van der Waals surface area contributed by atoms with Crippen molar-refractivity contribution in [1.82, 2.24) is 14.9 Å². The van der Waals surface area contributed by atoms with Gasteiger partial charge in [-0.3, -0.25) is 9.79 Å². The Labute approximate surface area is 161 Å². The van der Waals surface area contributed by atoms with Crippen LogP contribution in [0, 0.1) is 5.92 Å². The molecule has 0 radical (unpaired) electrons. The predicted molar refractivity (Wildman–Crippen MR) is 105 cm³/mol. The Balaban J connectivity index is 0.00000529. The molecule has 2 N–H and O–H groups in total. The molecule has 142 valence electrons. The summed E-state index contributed by atoms with van der Waals surface area (Å²) in [6.45, 7) is 5.43. The van der Waals surface area contributed by atoms with Gasteiger partial charge in [0.25, 0.3) is 0 Å². The molecule has 0 spiro atoms. The number of aliphatic imine (C=N–C) groups is 1. The van der Waals surface area contributed by atoms with E-state index >= 15 is 0 Å². The number of sulfonamides is 1. The van der Waals surface area contributed by atoms with Crippen LogP contribution in [0.4, 0.5) is 0 Å². The first-order valence-corrected chi connectivity index (χ1v) is 9.49. The molecule has 0 saturated carbocycles. The van der Waals surface area contributed by atoms with Crippen LogP contribution in [0.2, 0.25) is 0 Å². The van der Waals surface area contributed by atoms with Gasteiger partial charge in [-0.15, -0.1) is 24.0 Å². The third-order valence-corrected chi connectivity index (χ3v) is 4.61. The molecular formula is C14H29IN4O4S. The van der Waals surface area contributed by atoms with Crippen molar-refractivity contribution in [1.29, 1.82) is 0 Å². The number of carbonyl (C=O) groups is 1. The first-order chi connectivity index (χ1) is 10.6. The molecule has 1 aliphatic heterocycles. The summed E-state index contributed by atoms with van der Waals surface area (Å²) in [5.41, 5.74) is -0.631. The van der Waals surface area contributed by atoms with Crippen LogP contribution in [0.3, 0.4) is 0 Å². The maximum Gasteiger partial charge on any atom is 0.308 e. The van der Waals surface area contributed by atoms with E-state index in [9.17, 15) is 13.2 Å². The Morgan fingerprint density at radius 2 is 1.88 bits per heavy atom. The first kappa shape index (κ1) is 23.4. The minimum atomic E-state index is -3.28. The molecule has 0 bridgehead atoms. The topological polar surface area (TPSA) is 100 Å². The van der Waals surface area contributed by atoms with Crippen LogP contribution in [-0.2, 0) is 19.6 Å². The fourth-order valence-corrected chi connectivity index (χ4v) is 3.74. The number of rotatable bonds is 5. The molecule has 0 aliphatic carbocycles. The van der Waals surface area contributed by atoms with E-state index in [1.165, 1.54) is 7.11 Å². The van der Waals surface area contributed by atoms with E-state index in [0.717, 1.165) is 19.1 Å². The fourth-order valence-electron chi connectivity index (χ4n) is 2.66. The van der Waals surface area contributed by atoms with Crippen molar-refractivity contribution in [3.05, 3.63) is 0 Å². The molecule has 0 unspecified atom stereocenters. The zero-order chi connectivity index (χ0) is 17.7. The number of guanidine groups is 1. The van der Waals surface area contributed by atoms with E-state index in [0.29, 0.717) is 25.6 Å². The lowest BCUT2D eigenvalue weighted by atomic mass is 9.97. The van der Waals surface area contributed by atoms with Gasteiger partial charge in [0.05, 0.1) is 19.3 Å². The molecule has 0 aromatic carbocycles. The van der Waals surface area contributed by atoms with Crippen molar-refractivity contribution in [2.45, 2.75) is 32.2 Å². The lowest BCUT2D eigenvalue weighted by Crippen LogP contribution is -2.54. The van der Waals surface area contributed by atoms with Crippen LogP contribution >= 0.6 is 24.0 Å². The standard InChI is InChI=1S/C14H28N4O4S.HI/c1-14(2,17-23(5,20)21)10-16-13(15-3)18-8-6-11(7-9-18)12(19)22-4;/h11,17H,6-10H2,1-5H3,(H,15,16);1H. The Bertz CT molecular complexity index is 543. The highest BCUT2D eigenvalue weighted by molar-refractivity contribution is 14.0. The van der Waals surface area contributed by atoms with Gasteiger partial charge >= 0.3 is 5.97 Å². The summed E-state index contributed by atoms with van der Waals surface area (Å²) >= 11 is 0. The maximum atomic E-state index is 11.6. The second-order valence-electron chi connectivity index (χ2n) is 6.44. The maximum absolute atomic E-state index is 11.6. The first-order valence-electron chi connectivity index (χ1n) is 7.60. The molecule has 0 atom stereocenters. The van der Waals surface area contributed by atoms with Crippen LogP contribution in [0.15, 0.2) is 4.99 Å². The Hall–Kier alpha value is -0.620. The van der Waals surface area contributed by atoms with E-state index in [4.69, 9.17) is 4.74 Å². The Morgan fingerprint density at radius 3 is 2.29 bits per heavy atom. The third kappa shape index (κ3) is 7.97. The lowest BCUT2D eigenvalue weighted by Gasteiger charge is -2.34. The monoisotopic (exact) mass is 476 g/mol. The number of piperidine rings is 1. The molecule has 0 amide bonds. The summed E-state index contributed by atoms with van der Waals surface area (Å²) in [4.78, 5) is 17.9. The largest absolute Gasteiger partial charge is 0.469 e. The number of methoxy groups -OCH3 is 1. The molecular weight excluding hydrogens is 447 g/mol. The highest BCUT2D eigenvalue weighted by atomic mass is 127. The molecule has 0 aromatic heterocycles. The van der Waals surface area contributed by atoms with Crippen molar-refractivity contribution in [3.63, 3.8) is 0 Å². The molecule has 1 saturated heterocycles. The van der Waals surface area contributed by atoms with Crippen LogP contribution < -0.4 is 10.0 Å². The van der Waals surface area contributed by atoms with Gasteiger partial charge in [0.15, 0.2) is 5.96 Å². The second-order valence-corrected chi connectivity index (χ2v) is 8.19. The van der Waals surface area contributed by atoms with Gasteiger partial charge in [-0.2, -0.15) is 0 Å². The average Bonchev–Trinajstić information content (AvgIpc) is 2.45. The van der Waals surface area contributed by atoms with E-state index in [2.05, 4.69) is 19.9 Å². The van der Waals surface area contributed by atoms with E-state index < -0.39 is 15.6 Å². The smallest absolute Gasteiger partial charge is 0.308 e. The SMILES string of the molecule is CN=C(NCC(C)(C)NS(C)(=O)=O)N1CCC(C(=O)OC)CC1.I. The van der Waals surface area contributed by atoms with Crippen molar-refractivity contribution in [2.75, 3.05) is 40.0 Å². The van der Waals surface area contributed by atoms with E-state index in [-0.39, 0.29) is 35.9 Å². The van der Waals surface area contributed by atoms with Gasteiger partial charge in [0, 0.05) is 32.2 Å².